The highest BCUT2D eigenvalue weighted by Gasteiger charge is 2.48. The maximum absolute atomic E-state index is 12.4. The molecular weight excluding hydrogens is 292 g/mol. The number of rotatable bonds is 6. The second kappa shape index (κ2) is 5.91. The summed E-state index contributed by atoms with van der Waals surface area (Å²) in [4.78, 5) is 38.4. The van der Waals surface area contributed by atoms with E-state index in [-0.39, 0.29) is 42.5 Å². The number of hydrogen-bond acceptors (Lipinski definition) is 3. The third-order valence-electron chi connectivity index (χ3n) is 6.08. The summed E-state index contributed by atoms with van der Waals surface area (Å²) in [5.41, 5.74) is 0. The van der Waals surface area contributed by atoms with Crippen molar-refractivity contribution in [3.05, 3.63) is 0 Å². The number of amides is 3. The molecule has 1 heterocycles. The first kappa shape index (κ1) is 15.2. The van der Waals surface area contributed by atoms with Crippen molar-refractivity contribution in [1.29, 1.82) is 0 Å². The van der Waals surface area contributed by atoms with E-state index >= 15 is 0 Å². The Bertz CT molecular complexity index is 488. The number of carbonyl (C=O) groups excluding carboxylic acids is 3. The molecule has 1 aliphatic heterocycles. The molecule has 1 N–H and O–H groups in total. The molecule has 0 spiro atoms. The zero-order valence-electron chi connectivity index (χ0n) is 13.6. The first-order valence-corrected chi connectivity index (χ1v) is 9.29. The molecule has 4 aliphatic rings. The Morgan fingerprint density at radius 1 is 0.957 bits per heavy atom. The molecule has 0 aromatic carbocycles. The van der Waals surface area contributed by atoms with Gasteiger partial charge in [-0.2, -0.15) is 0 Å². The van der Waals surface area contributed by atoms with Crippen molar-refractivity contribution < 1.29 is 14.4 Å². The summed E-state index contributed by atoms with van der Waals surface area (Å²) < 4.78 is 0. The molecule has 126 valence electrons. The van der Waals surface area contributed by atoms with Gasteiger partial charge in [-0.05, 0) is 50.4 Å². The summed E-state index contributed by atoms with van der Waals surface area (Å²) in [6, 6.07) is 0.343. The molecule has 0 radical (unpaired) electrons. The molecule has 1 saturated heterocycles. The van der Waals surface area contributed by atoms with Gasteiger partial charge in [-0.1, -0.05) is 12.8 Å². The van der Waals surface area contributed by atoms with Crippen LogP contribution in [-0.2, 0) is 14.4 Å². The highest BCUT2D eigenvalue weighted by Crippen LogP contribution is 2.44. The lowest BCUT2D eigenvalue weighted by Crippen LogP contribution is -2.41. The van der Waals surface area contributed by atoms with Crippen LogP contribution in [0.4, 0.5) is 0 Å². The molecule has 4 fully saturated rings. The SMILES string of the molecule is O=C(CCN1C(=O)[C@H]2CCCC[C@@H]2C1=O)NC(C1CC1)C1CC1. The molecule has 3 saturated carbocycles. The number of imide groups is 1. The third kappa shape index (κ3) is 3.02. The van der Waals surface area contributed by atoms with E-state index in [2.05, 4.69) is 5.32 Å². The van der Waals surface area contributed by atoms with E-state index in [1.54, 1.807) is 0 Å². The lowest BCUT2D eigenvalue weighted by molar-refractivity contribution is -0.140. The van der Waals surface area contributed by atoms with Crippen LogP contribution in [-0.4, -0.2) is 35.2 Å². The van der Waals surface area contributed by atoms with Gasteiger partial charge in [-0.15, -0.1) is 0 Å². The van der Waals surface area contributed by atoms with E-state index in [1.807, 2.05) is 0 Å². The number of nitrogens with zero attached hydrogens (tertiary/aromatic N) is 1. The van der Waals surface area contributed by atoms with Gasteiger partial charge in [0.05, 0.1) is 11.8 Å². The second-order valence-corrected chi connectivity index (χ2v) is 7.84. The molecule has 4 rings (SSSR count). The van der Waals surface area contributed by atoms with Gasteiger partial charge in [0.15, 0.2) is 0 Å². The zero-order chi connectivity index (χ0) is 16.0. The monoisotopic (exact) mass is 318 g/mol. The zero-order valence-corrected chi connectivity index (χ0v) is 13.6. The number of carbonyl (C=O) groups is 3. The summed E-state index contributed by atoms with van der Waals surface area (Å²) in [7, 11) is 0. The van der Waals surface area contributed by atoms with Gasteiger partial charge in [0.2, 0.25) is 17.7 Å². The lowest BCUT2D eigenvalue weighted by Gasteiger charge is -2.19. The summed E-state index contributed by atoms with van der Waals surface area (Å²) in [5, 5.41) is 3.17. The number of fused-ring (bicyclic) bond motifs is 1. The van der Waals surface area contributed by atoms with E-state index in [1.165, 1.54) is 30.6 Å². The van der Waals surface area contributed by atoms with Crippen molar-refractivity contribution in [3.8, 4) is 0 Å². The van der Waals surface area contributed by atoms with Crippen molar-refractivity contribution >= 4 is 17.7 Å². The summed E-state index contributed by atoms with van der Waals surface area (Å²) >= 11 is 0. The Morgan fingerprint density at radius 2 is 1.48 bits per heavy atom. The molecular formula is C18H26N2O3. The third-order valence-corrected chi connectivity index (χ3v) is 6.08. The maximum Gasteiger partial charge on any atom is 0.233 e. The van der Waals surface area contributed by atoms with E-state index in [4.69, 9.17) is 0 Å². The van der Waals surface area contributed by atoms with Gasteiger partial charge in [-0.3, -0.25) is 19.3 Å². The minimum Gasteiger partial charge on any atom is -0.353 e. The van der Waals surface area contributed by atoms with Crippen LogP contribution in [0.1, 0.15) is 57.8 Å². The Balaban J connectivity index is 1.30. The molecule has 5 nitrogen and oxygen atoms in total. The smallest absolute Gasteiger partial charge is 0.233 e. The molecule has 23 heavy (non-hydrogen) atoms. The number of nitrogens with one attached hydrogen (secondary N) is 1. The molecule has 2 atom stereocenters. The van der Waals surface area contributed by atoms with Crippen LogP contribution < -0.4 is 5.32 Å². The van der Waals surface area contributed by atoms with Crippen molar-refractivity contribution in [1.82, 2.24) is 10.2 Å². The number of likely N-dealkylation sites (tertiary alicyclic amines) is 1. The maximum atomic E-state index is 12.4. The highest BCUT2D eigenvalue weighted by molar-refractivity contribution is 6.05. The molecule has 3 aliphatic carbocycles. The summed E-state index contributed by atoms with van der Waals surface area (Å²) in [6.07, 6.45) is 8.93. The fourth-order valence-electron chi connectivity index (χ4n) is 4.45. The molecule has 0 aromatic heterocycles. The van der Waals surface area contributed by atoms with Crippen LogP contribution >= 0.6 is 0 Å². The van der Waals surface area contributed by atoms with Gasteiger partial charge in [0.25, 0.3) is 0 Å². The second-order valence-electron chi connectivity index (χ2n) is 7.84. The topological polar surface area (TPSA) is 66.5 Å². The Hall–Kier alpha value is -1.39. The minimum atomic E-state index is -0.106. The average molecular weight is 318 g/mol. The molecule has 3 amide bonds. The molecule has 0 unspecified atom stereocenters. The van der Waals surface area contributed by atoms with Crippen LogP contribution in [0.3, 0.4) is 0 Å². The molecule has 0 aromatic rings. The first-order chi connectivity index (χ1) is 11.1. The largest absolute Gasteiger partial charge is 0.353 e. The molecule has 0 bridgehead atoms. The fraction of sp³-hybridized carbons (Fsp3) is 0.833. The predicted octanol–water partition coefficient (Wildman–Crippen LogP) is 1.86. The molecule has 5 heteroatoms. The van der Waals surface area contributed by atoms with Crippen LogP contribution in [0.15, 0.2) is 0 Å². The number of hydrogen-bond donors (Lipinski definition) is 1. The van der Waals surface area contributed by atoms with E-state index in [9.17, 15) is 14.4 Å². The predicted molar refractivity (Wildman–Crippen MR) is 84.2 cm³/mol. The average Bonchev–Trinajstić information content (AvgIpc) is 3.46. The summed E-state index contributed by atoms with van der Waals surface area (Å²) in [5.74, 6) is 1.06. The van der Waals surface area contributed by atoms with Crippen molar-refractivity contribution in [2.24, 2.45) is 23.7 Å². The van der Waals surface area contributed by atoms with Gasteiger partial charge in [0, 0.05) is 19.0 Å². The minimum absolute atomic E-state index is 0.00396. The normalized spacial score (nSPS) is 30.7. The standard InChI is InChI=1S/C18H26N2O3/c21-15(19-16(11-5-6-11)12-7-8-12)9-10-20-17(22)13-3-1-2-4-14(13)18(20)23/h11-14,16H,1-10H2,(H,19,21)/t13-,14-/m0/s1. The van der Waals surface area contributed by atoms with Crippen LogP contribution in [0.2, 0.25) is 0 Å². The van der Waals surface area contributed by atoms with Crippen LogP contribution in [0, 0.1) is 23.7 Å². The Labute approximate surface area is 137 Å². The summed E-state index contributed by atoms with van der Waals surface area (Å²) in [6.45, 7) is 0.262. The first-order valence-electron chi connectivity index (χ1n) is 9.29. The van der Waals surface area contributed by atoms with Gasteiger partial charge < -0.3 is 5.32 Å². The fourth-order valence-corrected chi connectivity index (χ4v) is 4.45. The van der Waals surface area contributed by atoms with Crippen molar-refractivity contribution in [2.45, 2.75) is 63.8 Å². The van der Waals surface area contributed by atoms with Crippen molar-refractivity contribution in [3.63, 3.8) is 0 Å². The lowest BCUT2D eigenvalue weighted by atomic mass is 9.81. The Morgan fingerprint density at radius 3 is 1.96 bits per heavy atom. The van der Waals surface area contributed by atoms with E-state index in [0.29, 0.717) is 17.9 Å². The Kier molecular flexibility index (Phi) is 3.90. The van der Waals surface area contributed by atoms with Gasteiger partial charge in [0.1, 0.15) is 0 Å². The van der Waals surface area contributed by atoms with E-state index < -0.39 is 0 Å². The van der Waals surface area contributed by atoms with Crippen molar-refractivity contribution in [2.75, 3.05) is 6.54 Å². The van der Waals surface area contributed by atoms with Crippen LogP contribution in [0.25, 0.3) is 0 Å². The van der Waals surface area contributed by atoms with Gasteiger partial charge in [-0.25, -0.2) is 0 Å². The highest BCUT2D eigenvalue weighted by atomic mass is 16.2. The van der Waals surface area contributed by atoms with E-state index in [0.717, 1.165) is 25.7 Å². The van der Waals surface area contributed by atoms with Gasteiger partial charge >= 0.3 is 0 Å². The van der Waals surface area contributed by atoms with Crippen LogP contribution in [0.5, 0.6) is 0 Å². The quantitative estimate of drug-likeness (QED) is 0.760.